The first-order valence-corrected chi connectivity index (χ1v) is 7.27. The van der Waals surface area contributed by atoms with Gasteiger partial charge in [-0.05, 0) is 24.5 Å². The Kier molecular flexibility index (Phi) is 2.57. The molecular weight excluding hydrogens is 252 g/mol. The van der Waals surface area contributed by atoms with Crippen LogP contribution in [0.3, 0.4) is 0 Å². The van der Waals surface area contributed by atoms with Gasteiger partial charge in [-0.3, -0.25) is 4.79 Å². The highest BCUT2D eigenvalue weighted by atomic mass is 32.2. The maximum atomic E-state index is 12.0. The number of thioether (sulfide) groups is 1. The zero-order valence-electron chi connectivity index (χ0n) is 9.11. The van der Waals surface area contributed by atoms with Gasteiger partial charge in [-0.25, -0.2) is 0 Å². The lowest BCUT2D eigenvalue weighted by molar-refractivity contribution is 0.102. The summed E-state index contributed by atoms with van der Waals surface area (Å²) in [5.41, 5.74) is 3.36. The molecule has 0 spiro atoms. The number of hydrogen-bond acceptors (Lipinski definition) is 4. The summed E-state index contributed by atoms with van der Waals surface area (Å²) < 4.78 is 0. The molecule has 5 heteroatoms. The molecule has 1 aliphatic rings. The second-order valence-electron chi connectivity index (χ2n) is 3.69. The van der Waals surface area contributed by atoms with Crippen LogP contribution in [0.2, 0.25) is 0 Å². The highest BCUT2D eigenvalue weighted by Gasteiger charge is 2.19. The number of amides is 1. The van der Waals surface area contributed by atoms with Crippen LogP contribution in [0.1, 0.15) is 10.4 Å². The molecule has 0 radical (unpaired) electrons. The van der Waals surface area contributed by atoms with Crippen LogP contribution in [-0.2, 0) is 0 Å². The zero-order valence-corrected chi connectivity index (χ0v) is 10.7. The van der Waals surface area contributed by atoms with Crippen molar-refractivity contribution in [2.24, 2.45) is 0 Å². The number of fused-ring (bicyclic) bond motifs is 2. The van der Waals surface area contributed by atoms with Crippen molar-refractivity contribution in [3.63, 3.8) is 0 Å². The number of nitrogens with one attached hydrogen (secondary N) is 2. The highest BCUT2D eigenvalue weighted by molar-refractivity contribution is 7.98. The zero-order chi connectivity index (χ0) is 11.8. The van der Waals surface area contributed by atoms with E-state index in [2.05, 4.69) is 10.6 Å². The van der Waals surface area contributed by atoms with Gasteiger partial charge in [-0.15, -0.1) is 23.1 Å². The summed E-state index contributed by atoms with van der Waals surface area (Å²) in [7, 11) is 0. The van der Waals surface area contributed by atoms with Crippen molar-refractivity contribution in [2.45, 2.75) is 4.90 Å². The smallest absolute Gasteiger partial charge is 0.258 e. The molecule has 1 aromatic carbocycles. The van der Waals surface area contributed by atoms with E-state index in [0.29, 0.717) is 5.56 Å². The molecule has 3 nitrogen and oxygen atoms in total. The minimum Gasteiger partial charge on any atom is -0.352 e. The van der Waals surface area contributed by atoms with E-state index in [1.54, 1.807) is 11.8 Å². The molecule has 2 aromatic rings. The molecule has 0 atom stereocenters. The lowest BCUT2D eigenvalue weighted by Gasteiger charge is -2.09. The second kappa shape index (κ2) is 4.09. The van der Waals surface area contributed by atoms with Crippen molar-refractivity contribution in [1.29, 1.82) is 0 Å². The van der Waals surface area contributed by atoms with Gasteiger partial charge in [0, 0.05) is 15.7 Å². The summed E-state index contributed by atoms with van der Waals surface area (Å²) in [5, 5.41) is 10.0. The largest absolute Gasteiger partial charge is 0.352 e. The van der Waals surface area contributed by atoms with E-state index in [9.17, 15) is 4.79 Å². The van der Waals surface area contributed by atoms with Gasteiger partial charge in [0.05, 0.1) is 22.6 Å². The Morgan fingerprint density at radius 2 is 2.00 bits per heavy atom. The van der Waals surface area contributed by atoms with E-state index in [1.165, 1.54) is 11.3 Å². The van der Waals surface area contributed by atoms with E-state index in [0.717, 1.165) is 22.0 Å². The Morgan fingerprint density at radius 1 is 1.12 bits per heavy atom. The fraction of sp³-hybridized carbons (Fsp3) is 0.0833. The Balaban J connectivity index is 2.10. The average Bonchev–Trinajstić information content (AvgIpc) is 2.75. The maximum absolute atomic E-state index is 12.0. The molecule has 0 saturated carbocycles. The molecule has 0 fully saturated rings. The van der Waals surface area contributed by atoms with Crippen LogP contribution in [0.25, 0.3) is 0 Å². The molecule has 0 bridgehead atoms. The van der Waals surface area contributed by atoms with E-state index in [-0.39, 0.29) is 5.91 Å². The topological polar surface area (TPSA) is 41.1 Å². The van der Waals surface area contributed by atoms with Gasteiger partial charge in [0.25, 0.3) is 5.91 Å². The molecule has 17 heavy (non-hydrogen) atoms. The molecule has 3 rings (SSSR count). The molecule has 0 unspecified atom stereocenters. The van der Waals surface area contributed by atoms with Crippen molar-refractivity contribution >= 4 is 46.1 Å². The van der Waals surface area contributed by atoms with E-state index >= 15 is 0 Å². The molecular formula is C12H10N2OS2. The minimum atomic E-state index is -0.0502. The van der Waals surface area contributed by atoms with E-state index in [1.807, 2.05) is 35.2 Å². The first-order valence-electron chi connectivity index (χ1n) is 5.10. The van der Waals surface area contributed by atoms with Crippen LogP contribution in [-0.4, -0.2) is 12.2 Å². The van der Waals surface area contributed by atoms with Crippen LogP contribution >= 0.6 is 23.1 Å². The number of carbonyl (C=O) groups excluding carboxylic acids is 1. The molecule has 1 aromatic heterocycles. The SMILES string of the molecule is CSc1ccc2c(c1)NC(=O)c1cscc1N2. The first-order chi connectivity index (χ1) is 8.28. The summed E-state index contributed by atoms with van der Waals surface area (Å²) in [6.45, 7) is 0. The summed E-state index contributed by atoms with van der Waals surface area (Å²) in [6.07, 6.45) is 2.02. The lowest BCUT2D eigenvalue weighted by Crippen LogP contribution is -2.09. The number of rotatable bonds is 1. The predicted molar refractivity (Wildman–Crippen MR) is 73.8 cm³/mol. The van der Waals surface area contributed by atoms with Crippen LogP contribution in [0.4, 0.5) is 17.1 Å². The monoisotopic (exact) mass is 262 g/mol. The maximum Gasteiger partial charge on any atom is 0.258 e. The minimum absolute atomic E-state index is 0.0502. The van der Waals surface area contributed by atoms with E-state index < -0.39 is 0 Å². The van der Waals surface area contributed by atoms with Crippen molar-refractivity contribution in [3.05, 3.63) is 34.5 Å². The van der Waals surface area contributed by atoms with Crippen molar-refractivity contribution in [3.8, 4) is 0 Å². The third kappa shape index (κ3) is 1.81. The predicted octanol–water partition coefficient (Wildman–Crippen LogP) is 3.78. The van der Waals surface area contributed by atoms with Crippen molar-refractivity contribution in [1.82, 2.24) is 0 Å². The van der Waals surface area contributed by atoms with Crippen molar-refractivity contribution < 1.29 is 4.79 Å². The van der Waals surface area contributed by atoms with Crippen LogP contribution in [0, 0.1) is 0 Å². The Labute approximate surface area is 107 Å². The molecule has 0 saturated heterocycles. The van der Waals surface area contributed by atoms with Gasteiger partial charge in [0.2, 0.25) is 0 Å². The van der Waals surface area contributed by atoms with Crippen LogP contribution in [0.5, 0.6) is 0 Å². The quantitative estimate of drug-likeness (QED) is 0.768. The number of hydrogen-bond donors (Lipinski definition) is 2. The molecule has 86 valence electrons. The van der Waals surface area contributed by atoms with Crippen LogP contribution in [0.15, 0.2) is 33.9 Å². The van der Waals surface area contributed by atoms with Gasteiger partial charge >= 0.3 is 0 Å². The average molecular weight is 262 g/mol. The lowest BCUT2D eigenvalue weighted by atomic mass is 10.2. The Bertz CT molecular complexity index is 592. The molecule has 1 amide bonds. The van der Waals surface area contributed by atoms with Gasteiger partial charge in [0.15, 0.2) is 0 Å². The third-order valence-electron chi connectivity index (χ3n) is 2.65. The normalized spacial score (nSPS) is 13.1. The first kappa shape index (κ1) is 10.7. The number of thiophene rings is 1. The van der Waals surface area contributed by atoms with E-state index in [4.69, 9.17) is 0 Å². The molecule has 2 heterocycles. The van der Waals surface area contributed by atoms with Gasteiger partial charge in [0.1, 0.15) is 0 Å². The summed E-state index contributed by atoms with van der Waals surface area (Å²) >= 11 is 3.18. The number of benzene rings is 1. The molecule has 0 aliphatic carbocycles. The van der Waals surface area contributed by atoms with Gasteiger partial charge < -0.3 is 10.6 Å². The molecule has 2 N–H and O–H groups in total. The van der Waals surface area contributed by atoms with Crippen molar-refractivity contribution in [2.75, 3.05) is 16.9 Å². The van der Waals surface area contributed by atoms with Crippen LogP contribution < -0.4 is 10.6 Å². The highest BCUT2D eigenvalue weighted by Crippen LogP contribution is 2.35. The fourth-order valence-electron chi connectivity index (χ4n) is 1.77. The summed E-state index contributed by atoms with van der Waals surface area (Å²) in [5.74, 6) is -0.0502. The fourth-order valence-corrected chi connectivity index (χ4v) is 2.97. The standard InChI is InChI=1S/C12H10N2OS2/c1-16-7-2-3-9-10(4-7)14-12(15)8-5-17-6-11(8)13-9/h2-6,13H,1H3,(H,14,15). The summed E-state index contributed by atoms with van der Waals surface area (Å²) in [4.78, 5) is 13.1. The third-order valence-corrected chi connectivity index (χ3v) is 4.12. The summed E-state index contributed by atoms with van der Waals surface area (Å²) in [6, 6.07) is 6.02. The molecule has 1 aliphatic heterocycles. The Hall–Kier alpha value is -1.46. The van der Waals surface area contributed by atoms with Gasteiger partial charge in [-0.1, -0.05) is 0 Å². The second-order valence-corrected chi connectivity index (χ2v) is 5.31. The Morgan fingerprint density at radius 3 is 2.82 bits per heavy atom. The van der Waals surface area contributed by atoms with Gasteiger partial charge in [-0.2, -0.15) is 0 Å². The number of anilines is 3. The number of carbonyl (C=O) groups is 1.